The van der Waals surface area contributed by atoms with Crippen LogP contribution in [0.15, 0.2) is 18.2 Å². The zero-order valence-corrected chi connectivity index (χ0v) is 20.7. The van der Waals surface area contributed by atoms with Gasteiger partial charge in [0.1, 0.15) is 18.5 Å². The summed E-state index contributed by atoms with van der Waals surface area (Å²) < 4.78 is 32.8. The van der Waals surface area contributed by atoms with Crippen molar-refractivity contribution in [1.82, 2.24) is 0 Å². The van der Waals surface area contributed by atoms with Gasteiger partial charge in [-0.05, 0) is 17.7 Å². The molecule has 10 nitrogen and oxygen atoms in total. The van der Waals surface area contributed by atoms with Crippen LogP contribution < -0.4 is 4.74 Å². The average Bonchev–Trinajstić information content (AvgIpc) is 2.71. The molecule has 1 aliphatic rings. The Labute approximate surface area is 203 Å². The second-order valence-corrected chi connectivity index (χ2v) is 8.05. The topological polar surface area (TPSA) is 124 Å². The first-order valence-electron chi connectivity index (χ1n) is 9.83. The minimum absolute atomic E-state index is 0.197. The van der Waals surface area contributed by atoms with Crippen LogP contribution in [0.1, 0.15) is 33.3 Å². The maximum atomic E-state index is 11.8. The highest BCUT2D eigenvalue weighted by molar-refractivity contribution is 9.08. The van der Waals surface area contributed by atoms with Crippen LogP contribution in [-0.2, 0) is 48.2 Å². The van der Waals surface area contributed by atoms with Crippen molar-refractivity contribution in [2.24, 2.45) is 0 Å². The van der Waals surface area contributed by atoms with E-state index in [0.717, 1.165) is 26.3 Å². The summed E-state index contributed by atoms with van der Waals surface area (Å²) in [5.41, 5.74) is 0.883. The Kier molecular flexibility index (Phi) is 9.93. The summed E-state index contributed by atoms with van der Waals surface area (Å²) in [6.45, 7) is 4.26. The van der Waals surface area contributed by atoms with E-state index < -0.39 is 54.6 Å². The van der Waals surface area contributed by atoms with E-state index in [-0.39, 0.29) is 17.4 Å². The van der Waals surface area contributed by atoms with Gasteiger partial charge in [0, 0.05) is 33.0 Å². The number of esters is 4. The molecule has 0 radical (unpaired) electrons. The molecule has 0 unspecified atom stereocenters. The molecule has 1 fully saturated rings. The number of benzene rings is 1. The summed E-state index contributed by atoms with van der Waals surface area (Å²) in [5, 5.41) is 0.811. The van der Waals surface area contributed by atoms with Crippen molar-refractivity contribution in [3.05, 3.63) is 28.8 Å². The third-order valence-corrected chi connectivity index (χ3v) is 5.28. The second-order valence-electron chi connectivity index (χ2n) is 7.08. The van der Waals surface area contributed by atoms with E-state index >= 15 is 0 Å². The van der Waals surface area contributed by atoms with E-state index in [2.05, 4.69) is 15.9 Å². The maximum Gasteiger partial charge on any atom is 0.303 e. The zero-order chi connectivity index (χ0) is 24.7. The number of carbonyl (C=O) groups excluding carboxylic acids is 4. The smallest absolute Gasteiger partial charge is 0.303 e. The van der Waals surface area contributed by atoms with Crippen LogP contribution in [-0.4, -0.2) is 61.2 Å². The molecule has 1 aromatic carbocycles. The monoisotopic (exact) mass is 550 g/mol. The fourth-order valence-electron chi connectivity index (χ4n) is 3.13. The van der Waals surface area contributed by atoms with E-state index in [1.54, 1.807) is 18.2 Å². The van der Waals surface area contributed by atoms with Crippen molar-refractivity contribution in [2.45, 2.75) is 63.7 Å². The van der Waals surface area contributed by atoms with Crippen molar-refractivity contribution in [2.75, 3.05) is 6.61 Å². The Balaban J connectivity index is 2.47. The van der Waals surface area contributed by atoms with Crippen LogP contribution in [0, 0.1) is 0 Å². The Hall–Kier alpha value is -2.37. The summed E-state index contributed by atoms with van der Waals surface area (Å²) in [4.78, 5) is 46.8. The van der Waals surface area contributed by atoms with Gasteiger partial charge in [-0.2, -0.15) is 0 Å². The van der Waals surface area contributed by atoms with Gasteiger partial charge in [-0.15, -0.1) is 0 Å². The largest absolute Gasteiger partial charge is 0.463 e. The number of carbonyl (C=O) groups is 4. The van der Waals surface area contributed by atoms with Gasteiger partial charge in [-0.3, -0.25) is 19.2 Å². The Morgan fingerprint density at radius 3 is 2.00 bits per heavy atom. The molecular formula is C21H24BrClO10. The minimum atomic E-state index is -1.35. The average molecular weight is 552 g/mol. The van der Waals surface area contributed by atoms with E-state index in [4.69, 9.17) is 40.0 Å². The van der Waals surface area contributed by atoms with Gasteiger partial charge in [0.2, 0.25) is 12.4 Å². The summed E-state index contributed by atoms with van der Waals surface area (Å²) in [5.74, 6) is -2.60. The van der Waals surface area contributed by atoms with Gasteiger partial charge >= 0.3 is 23.9 Å². The van der Waals surface area contributed by atoms with Gasteiger partial charge in [0.15, 0.2) is 12.2 Å². The Morgan fingerprint density at radius 2 is 1.48 bits per heavy atom. The molecule has 0 spiro atoms. The molecule has 0 N–H and O–H groups in total. The number of hydrogen-bond acceptors (Lipinski definition) is 10. The van der Waals surface area contributed by atoms with Crippen LogP contribution >= 0.6 is 27.5 Å². The highest BCUT2D eigenvalue weighted by Crippen LogP contribution is 2.34. The van der Waals surface area contributed by atoms with Gasteiger partial charge in [-0.25, -0.2) is 0 Å². The maximum absolute atomic E-state index is 11.8. The van der Waals surface area contributed by atoms with E-state index in [1.165, 1.54) is 6.92 Å². The van der Waals surface area contributed by atoms with Crippen molar-refractivity contribution in [1.29, 1.82) is 0 Å². The summed E-state index contributed by atoms with van der Waals surface area (Å²) >= 11 is 9.64. The lowest BCUT2D eigenvalue weighted by Crippen LogP contribution is -2.63. The zero-order valence-electron chi connectivity index (χ0n) is 18.4. The first kappa shape index (κ1) is 26.9. The molecule has 182 valence electrons. The number of hydrogen-bond donors (Lipinski definition) is 0. The molecule has 0 saturated carbocycles. The highest BCUT2D eigenvalue weighted by Gasteiger charge is 2.53. The molecule has 0 aromatic heterocycles. The molecule has 2 rings (SSSR count). The van der Waals surface area contributed by atoms with E-state index in [9.17, 15) is 19.2 Å². The molecule has 0 aliphatic carbocycles. The SMILES string of the molecule is CC(=O)OC[C@H]1O[C@H](Oc2ccc(CBr)cc2Cl)[C@H](OC(C)=O)[C@@H](OC(C)=O)[C@H]1OC(C)=O. The molecule has 0 amide bonds. The van der Waals surface area contributed by atoms with Crippen molar-refractivity contribution in [3.63, 3.8) is 0 Å². The third kappa shape index (κ3) is 7.86. The second kappa shape index (κ2) is 12.2. The highest BCUT2D eigenvalue weighted by atomic mass is 79.9. The van der Waals surface area contributed by atoms with Crippen LogP contribution in [0.3, 0.4) is 0 Å². The molecule has 1 aliphatic heterocycles. The molecule has 1 aromatic rings. The quantitative estimate of drug-likeness (QED) is 0.271. The fraction of sp³-hybridized carbons (Fsp3) is 0.524. The van der Waals surface area contributed by atoms with Crippen LogP contribution in [0.5, 0.6) is 5.75 Å². The van der Waals surface area contributed by atoms with Gasteiger partial charge in [0.25, 0.3) is 0 Å². The lowest BCUT2D eigenvalue weighted by Gasteiger charge is -2.44. The van der Waals surface area contributed by atoms with Gasteiger partial charge in [0.05, 0.1) is 5.02 Å². The molecule has 12 heteroatoms. The van der Waals surface area contributed by atoms with Gasteiger partial charge in [-0.1, -0.05) is 33.6 Å². The number of ether oxygens (including phenoxy) is 6. The van der Waals surface area contributed by atoms with E-state index in [1.807, 2.05) is 0 Å². The normalized spacial score (nSPS) is 24.4. The van der Waals surface area contributed by atoms with Crippen molar-refractivity contribution < 1.29 is 47.6 Å². The van der Waals surface area contributed by atoms with E-state index in [0.29, 0.717) is 5.33 Å². The Morgan fingerprint density at radius 1 is 0.909 bits per heavy atom. The van der Waals surface area contributed by atoms with Gasteiger partial charge < -0.3 is 28.4 Å². The first-order valence-corrected chi connectivity index (χ1v) is 11.3. The van der Waals surface area contributed by atoms with Crippen LogP contribution in [0.4, 0.5) is 0 Å². The summed E-state index contributed by atoms with van der Waals surface area (Å²) in [7, 11) is 0. The summed E-state index contributed by atoms with van der Waals surface area (Å²) in [6.07, 6.45) is -6.38. The van der Waals surface area contributed by atoms with Crippen LogP contribution in [0.2, 0.25) is 5.02 Å². The van der Waals surface area contributed by atoms with Crippen molar-refractivity contribution >= 4 is 51.4 Å². The van der Waals surface area contributed by atoms with Crippen molar-refractivity contribution in [3.8, 4) is 5.75 Å². The minimum Gasteiger partial charge on any atom is -0.463 e. The number of halogens is 2. The lowest BCUT2D eigenvalue weighted by molar-refractivity contribution is -0.288. The standard InChI is InChI=1S/C21H24BrClO10/c1-10(24)28-9-17-18(29-11(2)25)19(30-12(3)26)20(31-13(4)27)21(33-17)32-16-6-5-14(8-22)7-15(16)23/h5-7,17-21H,8-9H2,1-4H3/t17-,18+,19+,20-,21+/m1/s1. The molecule has 5 atom stereocenters. The molecule has 0 bridgehead atoms. The first-order chi connectivity index (χ1) is 15.5. The molecule has 33 heavy (non-hydrogen) atoms. The molecule has 1 saturated heterocycles. The fourth-order valence-corrected chi connectivity index (χ4v) is 3.73. The number of rotatable bonds is 8. The number of alkyl halides is 1. The lowest BCUT2D eigenvalue weighted by atomic mass is 9.98. The summed E-state index contributed by atoms with van der Waals surface area (Å²) in [6, 6.07) is 5.01. The third-order valence-electron chi connectivity index (χ3n) is 4.34. The molecule has 1 heterocycles. The van der Waals surface area contributed by atoms with Crippen LogP contribution in [0.25, 0.3) is 0 Å². The molecular weight excluding hydrogens is 528 g/mol. The predicted octanol–water partition coefficient (Wildman–Crippen LogP) is 2.70. The Bertz CT molecular complexity index is 892. The predicted molar refractivity (Wildman–Crippen MR) is 117 cm³/mol.